The van der Waals surface area contributed by atoms with Crippen LogP contribution in [0.25, 0.3) is 0 Å². The minimum atomic E-state index is 0. The molecule has 0 aromatic rings. The summed E-state index contributed by atoms with van der Waals surface area (Å²) in [4.78, 5) is 0. The van der Waals surface area contributed by atoms with Gasteiger partial charge in [-0.1, -0.05) is 13.0 Å². The molecular formula is C9H22N2. The van der Waals surface area contributed by atoms with Gasteiger partial charge in [-0.05, 0) is 39.0 Å². The van der Waals surface area contributed by atoms with Crippen LogP contribution in [0.15, 0.2) is 12.7 Å². The van der Waals surface area contributed by atoms with Crippen LogP contribution < -0.4 is 10.6 Å². The summed E-state index contributed by atoms with van der Waals surface area (Å²) in [5, 5.41) is 6.61. The minimum absolute atomic E-state index is 0. The van der Waals surface area contributed by atoms with E-state index in [4.69, 9.17) is 0 Å². The van der Waals surface area contributed by atoms with Crippen molar-refractivity contribution in [1.29, 1.82) is 0 Å². The molecule has 11 heavy (non-hydrogen) atoms. The molecule has 0 aliphatic rings. The van der Waals surface area contributed by atoms with Gasteiger partial charge in [-0.25, -0.2) is 0 Å². The van der Waals surface area contributed by atoms with Crippen LogP contribution in [0.1, 0.15) is 21.2 Å². The zero-order valence-corrected chi connectivity index (χ0v) is 7.53. The molecular weight excluding hydrogens is 136 g/mol. The monoisotopic (exact) mass is 158 g/mol. The first-order valence-electron chi connectivity index (χ1n) is 4.44. The highest BCUT2D eigenvalue weighted by Gasteiger charge is 1.85. The van der Waals surface area contributed by atoms with E-state index in [-0.39, 0.29) is 1.43 Å². The van der Waals surface area contributed by atoms with E-state index in [2.05, 4.69) is 24.1 Å². The van der Waals surface area contributed by atoms with Crippen LogP contribution in [0.5, 0.6) is 0 Å². The number of hydrogen-bond donors (Lipinski definition) is 2. The highest BCUT2D eigenvalue weighted by molar-refractivity contribution is 4.67. The maximum Gasteiger partial charge on any atom is 0 e. The zero-order valence-electron chi connectivity index (χ0n) is 7.53. The minimum Gasteiger partial charge on any atom is -0.317 e. The molecule has 0 atom stereocenters. The quantitative estimate of drug-likeness (QED) is 0.412. The van der Waals surface area contributed by atoms with E-state index in [0.29, 0.717) is 0 Å². The third-order valence-corrected chi connectivity index (χ3v) is 1.48. The average Bonchev–Trinajstić information content (AvgIpc) is 2.03. The van der Waals surface area contributed by atoms with E-state index >= 15 is 0 Å². The predicted octanol–water partition coefficient (Wildman–Crippen LogP) is 1.40. The molecule has 0 rings (SSSR count). The van der Waals surface area contributed by atoms with Gasteiger partial charge in [0.25, 0.3) is 0 Å². The Kier molecular flexibility index (Phi) is 9.36. The maximum atomic E-state index is 3.66. The molecule has 0 spiro atoms. The summed E-state index contributed by atoms with van der Waals surface area (Å²) in [6.45, 7) is 10.2. The Hall–Kier alpha value is -0.340. The Bertz CT molecular complexity index is 86.6. The highest BCUT2D eigenvalue weighted by atomic mass is 14.9. The smallest absolute Gasteiger partial charge is 0 e. The summed E-state index contributed by atoms with van der Waals surface area (Å²) >= 11 is 0. The summed E-state index contributed by atoms with van der Waals surface area (Å²) in [7, 11) is 0. The summed E-state index contributed by atoms with van der Waals surface area (Å²) in [5.41, 5.74) is 0. The van der Waals surface area contributed by atoms with Crippen molar-refractivity contribution in [1.82, 2.24) is 10.6 Å². The van der Waals surface area contributed by atoms with Crippen LogP contribution in [0.3, 0.4) is 0 Å². The van der Waals surface area contributed by atoms with Crippen LogP contribution >= 0.6 is 0 Å². The third-order valence-electron chi connectivity index (χ3n) is 1.48. The first kappa shape index (κ1) is 10.7. The maximum absolute atomic E-state index is 3.66. The van der Waals surface area contributed by atoms with Gasteiger partial charge in [-0.15, -0.1) is 6.58 Å². The number of rotatable bonds is 8. The van der Waals surface area contributed by atoms with Crippen molar-refractivity contribution in [2.75, 3.05) is 26.2 Å². The lowest BCUT2D eigenvalue weighted by Crippen LogP contribution is -2.22. The SMILES string of the molecule is C=CCCNCCCNCC.[HH]. The van der Waals surface area contributed by atoms with E-state index in [9.17, 15) is 0 Å². The molecule has 0 bridgehead atoms. The summed E-state index contributed by atoms with van der Waals surface area (Å²) in [6, 6.07) is 0. The first-order chi connectivity index (χ1) is 5.41. The Balaban J connectivity index is 0. The van der Waals surface area contributed by atoms with Gasteiger partial charge in [0.15, 0.2) is 0 Å². The Labute approximate surface area is 71.6 Å². The molecule has 0 saturated carbocycles. The van der Waals surface area contributed by atoms with Crippen molar-refractivity contribution < 1.29 is 1.43 Å². The van der Waals surface area contributed by atoms with Gasteiger partial charge in [-0.2, -0.15) is 0 Å². The van der Waals surface area contributed by atoms with Crippen molar-refractivity contribution in [3.05, 3.63) is 12.7 Å². The Morgan fingerprint density at radius 2 is 2.00 bits per heavy atom. The van der Waals surface area contributed by atoms with Gasteiger partial charge in [0.2, 0.25) is 0 Å². The van der Waals surface area contributed by atoms with Gasteiger partial charge >= 0.3 is 0 Å². The van der Waals surface area contributed by atoms with Gasteiger partial charge < -0.3 is 10.6 Å². The second kappa shape index (κ2) is 9.66. The largest absolute Gasteiger partial charge is 0.317 e. The van der Waals surface area contributed by atoms with E-state index < -0.39 is 0 Å². The molecule has 0 unspecified atom stereocenters. The fourth-order valence-corrected chi connectivity index (χ4v) is 0.844. The van der Waals surface area contributed by atoms with Crippen molar-refractivity contribution in [3.63, 3.8) is 0 Å². The first-order valence-corrected chi connectivity index (χ1v) is 4.44. The zero-order chi connectivity index (χ0) is 8.36. The highest BCUT2D eigenvalue weighted by Crippen LogP contribution is 1.77. The van der Waals surface area contributed by atoms with Crippen LogP contribution in [-0.4, -0.2) is 26.2 Å². The van der Waals surface area contributed by atoms with Gasteiger partial charge in [0, 0.05) is 1.43 Å². The summed E-state index contributed by atoms with van der Waals surface area (Å²) in [6.07, 6.45) is 4.23. The molecule has 0 aliphatic carbocycles. The van der Waals surface area contributed by atoms with Crippen molar-refractivity contribution >= 4 is 0 Å². The molecule has 0 saturated heterocycles. The van der Waals surface area contributed by atoms with E-state index in [1.54, 1.807) is 0 Å². The van der Waals surface area contributed by atoms with Crippen LogP contribution in [0, 0.1) is 0 Å². The molecule has 0 aromatic carbocycles. The van der Waals surface area contributed by atoms with Gasteiger partial charge in [-0.3, -0.25) is 0 Å². The lowest BCUT2D eigenvalue weighted by Gasteiger charge is -2.02. The van der Waals surface area contributed by atoms with Crippen LogP contribution in [0.2, 0.25) is 0 Å². The second-order valence-electron chi connectivity index (χ2n) is 2.53. The Morgan fingerprint density at radius 3 is 2.64 bits per heavy atom. The van der Waals surface area contributed by atoms with E-state index in [1.807, 2.05) is 6.08 Å². The van der Waals surface area contributed by atoms with Crippen molar-refractivity contribution in [2.24, 2.45) is 0 Å². The molecule has 2 heteroatoms. The predicted molar refractivity (Wildman–Crippen MR) is 53.0 cm³/mol. The molecule has 2 nitrogen and oxygen atoms in total. The topological polar surface area (TPSA) is 24.1 Å². The van der Waals surface area contributed by atoms with Crippen LogP contribution in [0.4, 0.5) is 0 Å². The number of nitrogens with one attached hydrogen (secondary N) is 2. The summed E-state index contributed by atoms with van der Waals surface area (Å²) in [5.74, 6) is 0. The molecule has 2 N–H and O–H groups in total. The van der Waals surface area contributed by atoms with Crippen molar-refractivity contribution in [3.8, 4) is 0 Å². The third kappa shape index (κ3) is 9.66. The normalized spacial score (nSPS) is 9.91. The lowest BCUT2D eigenvalue weighted by molar-refractivity contribution is 0.609. The molecule has 0 fully saturated rings. The van der Waals surface area contributed by atoms with E-state index in [0.717, 1.165) is 32.6 Å². The fourth-order valence-electron chi connectivity index (χ4n) is 0.844. The van der Waals surface area contributed by atoms with Gasteiger partial charge in [0.1, 0.15) is 0 Å². The van der Waals surface area contributed by atoms with Gasteiger partial charge in [0.05, 0.1) is 0 Å². The Morgan fingerprint density at radius 1 is 1.27 bits per heavy atom. The average molecular weight is 158 g/mol. The standard InChI is InChI=1S/C9H20N2.H2/c1-3-5-7-11-9-6-8-10-4-2;/h3,10-11H,1,4-9H2,2H3;1H. The van der Waals surface area contributed by atoms with Crippen molar-refractivity contribution in [2.45, 2.75) is 19.8 Å². The molecule has 0 amide bonds. The molecule has 68 valence electrons. The van der Waals surface area contributed by atoms with E-state index in [1.165, 1.54) is 6.42 Å². The molecule has 0 radical (unpaired) electrons. The van der Waals surface area contributed by atoms with Crippen LogP contribution in [-0.2, 0) is 0 Å². The lowest BCUT2D eigenvalue weighted by atomic mass is 10.4. The number of hydrogen-bond acceptors (Lipinski definition) is 2. The molecule has 0 aliphatic heterocycles. The molecule has 0 aromatic heterocycles. The second-order valence-corrected chi connectivity index (χ2v) is 2.53. The summed E-state index contributed by atoms with van der Waals surface area (Å²) < 4.78 is 0. The fraction of sp³-hybridized carbons (Fsp3) is 0.778. The molecule has 0 heterocycles.